The van der Waals surface area contributed by atoms with E-state index in [1.807, 2.05) is 38.1 Å². The van der Waals surface area contributed by atoms with Crippen LogP contribution in [-0.2, 0) is 6.54 Å². The number of carbonyl (C=O) groups excluding carboxylic acids is 1. The predicted octanol–water partition coefficient (Wildman–Crippen LogP) is 3.72. The van der Waals surface area contributed by atoms with Crippen molar-refractivity contribution >= 4 is 5.91 Å². The Labute approximate surface area is 152 Å². The molecule has 0 bridgehead atoms. The highest BCUT2D eigenvalue weighted by atomic mass is 16.5. The molecule has 3 aromatic rings. The molecule has 6 nitrogen and oxygen atoms in total. The average molecular weight is 351 g/mol. The van der Waals surface area contributed by atoms with Crippen LogP contribution in [0.1, 0.15) is 28.7 Å². The Morgan fingerprint density at radius 3 is 2.42 bits per heavy atom. The summed E-state index contributed by atoms with van der Waals surface area (Å²) in [5.41, 5.74) is 2.64. The molecule has 0 radical (unpaired) electrons. The number of methoxy groups -OCH3 is 1. The van der Waals surface area contributed by atoms with E-state index in [-0.39, 0.29) is 12.5 Å². The van der Waals surface area contributed by atoms with Gasteiger partial charge in [-0.1, -0.05) is 35.0 Å². The van der Waals surface area contributed by atoms with Gasteiger partial charge in [-0.3, -0.25) is 4.79 Å². The summed E-state index contributed by atoms with van der Waals surface area (Å²) in [7, 11) is 1.59. The Morgan fingerprint density at radius 2 is 1.81 bits per heavy atom. The van der Waals surface area contributed by atoms with E-state index in [9.17, 15) is 4.79 Å². The number of hydrogen-bond acceptors (Lipinski definition) is 5. The zero-order valence-electron chi connectivity index (χ0n) is 15.1. The van der Waals surface area contributed by atoms with Crippen LogP contribution in [0.15, 0.2) is 53.1 Å². The highest BCUT2D eigenvalue weighted by molar-refractivity contribution is 5.94. The van der Waals surface area contributed by atoms with Crippen LogP contribution in [0.5, 0.6) is 5.75 Å². The first-order chi connectivity index (χ1) is 12.6. The lowest BCUT2D eigenvalue weighted by Crippen LogP contribution is -2.30. The largest absolute Gasteiger partial charge is 0.497 e. The van der Waals surface area contributed by atoms with Gasteiger partial charge in [0.1, 0.15) is 12.3 Å². The molecule has 2 aromatic carbocycles. The van der Waals surface area contributed by atoms with Crippen LogP contribution in [-0.4, -0.2) is 34.6 Å². The third kappa shape index (κ3) is 3.91. The van der Waals surface area contributed by atoms with E-state index in [1.165, 1.54) is 5.56 Å². The summed E-state index contributed by atoms with van der Waals surface area (Å²) in [6.45, 7) is 4.74. The first kappa shape index (κ1) is 17.7. The summed E-state index contributed by atoms with van der Waals surface area (Å²) in [4.78, 5) is 18.8. The summed E-state index contributed by atoms with van der Waals surface area (Å²) in [6.07, 6.45) is 0. The fourth-order valence-corrected chi connectivity index (χ4v) is 2.55. The van der Waals surface area contributed by atoms with Crippen LogP contribution in [0.3, 0.4) is 0 Å². The maximum Gasteiger partial charge on any atom is 0.254 e. The molecule has 1 heterocycles. The van der Waals surface area contributed by atoms with Gasteiger partial charge in [-0.25, -0.2) is 0 Å². The van der Waals surface area contributed by atoms with Gasteiger partial charge in [0.05, 0.1) is 7.11 Å². The van der Waals surface area contributed by atoms with E-state index < -0.39 is 0 Å². The molecule has 6 heteroatoms. The van der Waals surface area contributed by atoms with Crippen LogP contribution in [0.2, 0.25) is 0 Å². The van der Waals surface area contributed by atoms with E-state index in [0.29, 0.717) is 29.6 Å². The minimum absolute atomic E-state index is 0.0924. The van der Waals surface area contributed by atoms with Crippen molar-refractivity contribution in [3.05, 3.63) is 65.5 Å². The van der Waals surface area contributed by atoms with Gasteiger partial charge in [-0.15, -0.1) is 0 Å². The first-order valence-electron chi connectivity index (χ1n) is 8.43. The summed E-state index contributed by atoms with van der Waals surface area (Å²) in [6, 6.07) is 14.9. The topological polar surface area (TPSA) is 68.5 Å². The molecule has 134 valence electrons. The molecule has 0 unspecified atom stereocenters. The van der Waals surface area contributed by atoms with E-state index in [0.717, 1.165) is 5.56 Å². The second kappa shape index (κ2) is 7.82. The number of benzene rings is 2. The molecule has 1 amide bonds. The molecule has 0 aliphatic heterocycles. The number of rotatable bonds is 6. The van der Waals surface area contributed by atoms with Crippen molar-refractivity contribution in [2.45, 2.75) is 20.4 Å². The third-order valence-electron chi connectivity index (χ3n) is 4.11. The number of hydrogen-bond donors (Lipinski definition) is 0. The van der Waals surface area contributed by atoms with Crippen molar-refractivity contribution in [3.63, 3.8) is 0 Å². The molecule has 26 heavy (non-hydrogen) atoms. The summed E-state index contributed by atoms with van der Waals surface area (Å²) in [5.74, 6) is 1.55. The molecule has 0 spiro atoms. The van der Waals surface area contributed by atoms with Crippen LogP contribution in [0.25, 0.3) is 11.4 Å². The highest BCUT2D eigenvalue weighted by Gasteiger charge is 2.18. The molecule has 0 N–H and O–H groups in total. The van der Waals surface area contributed by atoms with E-state index in [2.05, 4.69) is 10.1 Å². The van der Waals surface area contributed by atoms with Crippen molar-refractivity contribution in [2.75, 3.05) is 13.7 Å². The number of amides is 1. The monoisotopic (exact) mass is 351 g/mol. The lowest BCUT2D eigenvalue weighted by molar-refractivity contribution is 0.0734. The highest BCUT2D eigenvalue weighted by Crippen LogP contribution is 2.18. The zero-order chi connectivity index (χ0) is 18.5. The second-order valence-electron chi connectivity index (χ2n) is 5.93. The van der Waals surface area contributed by atoms with Gasteiger partial charge in [0.15, 0.2) is 0 Å². The Kier molecular flexibility index (Phi) is 5.31. The molecule has 0 fully saturated rings. The lowest BCUT2D eigenvalue weighted by Gasteiger charge is -2.18. The smallest absolute Gasteiger partial charge is 0.254 e. The quantitative estimate of drug-likeness (QED) is 0.677. The fraction of sp³-hybridized carbons (Fsp3) is 0.250. The number of nitrogens with zero attached hydrogens (tertiary/aromatic N) is 3. The molecular formula is C20H21N3O3. The number of ether oxygens (including phenoxy) is 1. The van der Waals surface area contributed by atoms with Gasteiger partial charge in [-0.2, -0.15) is 4.98 Å². The van der Waals surface area contributed by atoms with Crippen LogP contribution in [0.4, 0.5) is 0 Å². The molecule has 0 saturated carbocycles. The van der Waals surface area contributed by atoms with E-state index in [4.69, 9.17) is 9.26 Å². The lowest BCUT2D eigenvalue weighted by atomic mass is 10.1. The molecule has 1 aromatic heterocycles. The molecule has 3 rings (SSSR count). The average Bonchev–Trinajstić information content (AvgIpc) is 3.15. The molecular weight excluding hydrogens is 330 g/mol. The number of carbonyl (C=O) groups is 1. The number of aryl methyl sites for hydroxylation is 1. The molecule has 0 aliphatic rings. The minimum Gasteiger partial charge on any atom is -0.497 e. The molecule has 0 atom stereocenters. The number of aromatic nitrogens is 2. The minimum atomic E-state index is -0.0924. The van der Waals surface area contributed by atoms with Crippen molar-refractivity contribution in [1.29, 1.82) is 0 Å². The van der Waals surface area contributed by atoms with Crippen LogP contribution >= 0.6 is 0 Å². The third-order valence-corrected chi connectivity index (χ3v) is 4.11. The molecule has 0 saturated heterocycles. The van der Waals surface area contributed by atoms with E-state index in [1.54, 1.807) is 36.3 Å². The predicted molar refractivity (Wildman–Crippen MR) is 97.9 cm³/mol. The van der Waals surface area contributed by atoms with Crippen LogP contribution < -0.4 is 4.74 Å². The summed E-state index contributed by atoms with van der Waals surface area (Å²) in [5, 5.41) is 4.02. The molecule has 0 aliphatic carbocycles. The first-order valence-corrected chi connectivity index (χ1v) is 8.43. The summed E-state index contributed by atoms with van der Waals surface area (Å²) >= 11 is 0. The van der Waals surface area contributed by atoms with Gasteiger partial charge in [0.2, 0.25) is 11.7 Å². The SMILES string of the molecule is CCN(Cc1nc(-c2ccc(C)cc2)no1)C(=O)c1ccc(OC)cc1. The maximum absolute atomic E-state index is 12.7. The second-order valence-corrected chi connectivity index (χ2v) is 5.93. The summed E-state index contributed by atoms with van der Waals surface area (Å²) < 4.78 is 10.5. The zero-order valence-corrected chi connectivity index (χ0v) is 15.1. The van der Waals surface area contributed by atoms with Crippen molar-refractivity contribution < 1.29 is 14.1 Å². The van der Waals surface area contributed by atoms with Gasteiger partial charge in [-0.05, 0) is 38.1 Å². The van der Waals surface area contributed by atoms with E-state index >= 15 is 0 Å². The fourth-order valence-electron chi connectivity index (χ4n) is 2.55. The normalized spacial score (nSPS) is 10.6. The Morgan fingerprint density at radius 1 is 1.12 bits per heavy atom. The standard InChI is InChI=1S/C20H21N3O3/c1-4-23(20(24)16-9-11-17(25-3)12-10-16)13-18-21-19(22-26-18)15-7-5-14(2)6-8-15/h5-12H,4,13H2,1-3H3. The van der Waals surface area contributed by atoms with Crippen LogP contribution in [0, 0.1) is 6.92 Å². The maximum atomic E-state index is 12.7. The van der Waals surface area contributed by atoms with Gasteiger partial charge in [0, 0.05) is 17.7 Å². The Bertz CT molecular complexity index is 870. The Balaban J connectivity index is 1.73. The van der Waals surface area contributed by atoms with Gasteiger partial charge < -0.3 is 14.2 Å². The van der Waals surface area contributed by atoms with Crippen molar-refractivity contribution in [2.24, 2.45) is 0 Å². The van der Waals surface area contributed by atoms with Gasteiger partial charge >= 0.3 is 0 Å². The Hall–Kier alpha value is -3.15. The van der Waals surface area contributed by atoms with Gasteiger partial charge in [0.25, 0.3) is 5.91 Å². The van der Waals surface area contributed by atoms with Crippen molar-refractivity contribution in [3.8, 4) is 17.1 Å². The van der Waals surface area contributed by atoms with Crippen molar-refractivity contribution in [1.82, 2.24) is 15.0 Å².